The molecule has 1 amide bonds. The molecule has 9 nitrogen and oxygen atoms in total. The van der Waals surface area contributed by atoms with Crippen molar-refractivity contribution >= 4 is 37.3 Å². The van der Waals surface area contributed by atoms with E-state index in [4.69, 9.17) is 4.74 Å². The molecule has 3 N–H and O–H groups in total. The van der Waals surface area contributed by atoms with Crippen molar-refractivity contribution in [3.05, 3.63) is 78.4 Å². The number of hydrogen-bond donors (Lipinski definition) is 3. The minimum absolute atomic E-state index is 0.0251. The molecular formula is C22H23N3O6S2. The van der Waals surface area contributed by atoms with Crippen LogP contribution in [0.1, 0.15) is 17.3 Å². The summed E-state index contributed by atoms with van der Waals surface area (Å²) < 4.78 is 59.3. The Bertz CT molecular complexity index is 1340. The zero-order chi connectivity index (χ0) is 24.1. The molecule has 0 saturated heterocycles. The summed E-state index contributed by atoms with van der Waals surface area (Å²) in [4.78, 5) is 12.6. The zero-order valence-electron chi connectivity index (χ0n) is 17.9. The van der Waals surface area contributed by atoms with E-state index in [-0.39, 0.29) is 21.9 Å². The Hall–Kier alpha value is -3.41. The quantitative estimate of drug-likeness (QED) is 0.423. The Morgan fingerprint density at radius 3 is 2.00 bits per heavy atom. The molecule has 0 unspecified atom stereocenters. The van der Waals surface area contributed by atoms with Crippen LogP contribution in [0.25, 0.3) is 0 Å². The number of methoxy groups -OCH3 is 1. The molecule has 3 aromatic carbocycles. The second-order valence-corrected chi connectivity index (χ2v) is 10.3. The minimum atomic E-state index is -3.90. The van der Waals surface area contributed by atoms with Gasteiger partial charge in [-0.1, -0.05) is 19.1 Å². The van der Waals surface area contributed by atoms with Crippen LogP contribution in [0.3, 0.4) is 0 Å². The fraction of sp³-hybridized carbons (Fsp3) is 0.136. The van der Waals surface area contributed by atoms with Gasteiger partial charge in [0.05, 0.1) is 22.6 Å². The van der Waals surface area contributed by atoms with Crippen molar-refractivity contribution in [1.29, 1.82) is 0 Å². The number of hydrogen-bond acceptors (Lipinski definition) is 6. The predicted octanol–water partition coefficient (Wildman–Crippen LogP) is 3.05. The number of amides is 1. The van der Waals surface area contributed by atoms with Crippen LogP contribution in [-0.4, -0.2) is 36.4 Å². The molecule has 0 aliphatic heterocycles. The lowest BCUT2D eigenvalue weighted by molar-refractivity contribution is 0.102. The summed E-state index contributed by atoms with van der Waals surface area (Å²) in [5.74, 6) is -0.0970. The molecule has 174 valence electrons. The Labute approximate surface area is 192 Å². The van der Waals surface area contributed by atoms with Crippen molar-refractivity contribution in [2.45, 2.75) is 16.7 Å². The first-order chi connectivity index (χ1) is 15.7. The van der Waals surface area contributed by atoms with Crippen LogP contribution in [0.15, 0.2) is 82.6 Å². The number of ether oxygens (including phenoxy) is 1. The predicted molar refractivity (Wildman–Crippen MR) is 126 cm³/mol. The van der Waals surface area contributed by atoms with E-state index in [2.05, 4.69) is 14.8 Å². The molecule has 0 aliphatic rings. The summed E-state index contributed by atoms with van der Waals surface area (Å²) in [7, 11) is -6.04. The second-order valence-electron chi connectivity index (χ2n) is 6.81. The molecule has 0 bridgehead atoms. The van der Waals surface area contributed by atoms with Gasteiger partial charge in [0.25, 0.3) is 15.9 Å². The Kier molecular flexibility index (Phi) is 7.36. The average molecular weight is 490 g/mol. The van der Waals surface area contributed by atoms with Crippen LogP contribution >= 0.6 is 0 Å². The number of nitrogens with one attached hydrogen (secondary N) is 3. The third-order valence-corrected chi connectivity index (χ3v) is 7.48. The van der Waals surface area contributed by atoms with Crippen LogP contribution in [0.2, 0.25) is 0 Å². The number of rotatable bonds is 9. The summed E-state index contributed by atoms with van der Waals surface area (Å²) >= 11 is 0. The third-order valence-electron chi connectivity index (χ3n) is 4.53. The summed E-state index contributed by atoms with van der Waals surface area (Å²) in [5, 5.41) is 2.65. The van der Waals surface area contributed by atoms with Crippen molar-refractivity contribution < 1.29 is 26.4 Å². The molecule has 0 aromatic heterocycles. The summed E-state index contributed by atoms with van der Waals surface area (Å²) in [6.45, 7) is 1.94. The molecule has 0 aliphatic carbocycles. The maximum atomic E-state index is 12.7. The fourth-order valence-electron chi connectivity index (χ4n) is 2.91. The highest BCUT2D eigenvalue weighted by atomic mass is 32.2. The normalized spacial score (nSPS) is 11.6. The zero-order valence-corrected chi connectivity index (χ0v) is 19.5. The Morgan fingerprint density at radius 1 is 0.818 bits per heavy atom. The molecule has 33 heavy (non-hydrogen) atoms. The van der Waals surface area contributed by atoms with E-state index in [1.54, 1.807) is 31.2 Å². The van der Waals surface area contributed by atoms with Crippen molar-refractivity contribution in [1.82, 2.24) is 4.72 Å². The van der Waals surface area contributed by atoms with Gasteiger partial charge in [0.15, 0.2) is 0 Å². The number of para-hydroxylation sites is 2. The number of anilines is 2. The van der Waals surface area contributed by atoms with Crippen LogP contribution in [-0.2, 0) is 20.0 Å². The topological polar surface area (TPSA) is 131 Å². The van der Waals surface area contributed by atoms with Crippen molar-refractivity contribution in [2.24, 2.45) is 0 Å². The van der Waals surface area contributed by atoms with Gasteiger partial charge in [0, 0.05) is 17.8 Å². The summed E-state index contributed by atoms with van der Waals surface area (Å²) in [6.07, 6.45) is 0. The summed E-state index contributed by atoms with van der Waals surface area (Å²) in [5.41, 5.74) is 0.919. The average Bonchev–Trinajstić information content (AvgIpc) is 2.79. The molecule has 11 heteroatoms. The van der Waals surface area contributed by atoms with E-state index in [1.165, 1.54) is 55.6 Å². The smallest absolute Gasteiger partial charge is 0.262 e. The van der Waals surface area contributed by atoms with Crippen LogP contribution in [0.4, 0.5) is 11.4 Å². The van der Waals surface area contributed by atoms with E-state index >= 15 is 0 Å². The molecule has 0 spiro atoms. The molecule has 0 saturated carbocycles. The van der Waals surface area contributed by atoms with Gasteiger partial charge in [0.2, 0.25) is 10.0 Å². The Balaban J connectivity index is 1.71. The van der Waals surface area contributed by atoms with E-state index in [0.717, 1.165) is 0 Å². The van der Waals surface area contributed by atoms with Crippen LogP contribution in [0, 0.1) is 0 Å². The number of carbonyl (C=O) groups excluding carboxylic acids is 1. The fourth-order valence-corrected chi connectivity index (χ4v) is 5.02. The highest BCUT2D eigenvalue weighted by molar-refractivity contribution is 7.92. The van der Waals surface area contributed by atoms with Gasteiger partial charge in [-0.15, -0.1) is 0 Å². The maximum absolute atomic E-state index is 12.7. The SMILES string of the molecule is CCNS(=O)(=O)c1ccc(NC(=O)c2ccc(S(=O)(=O)Nc3ccccc3OC)cc2)cc1. The molecule has 3 aromatic rings. The highest BCUT2D eigenvalue weighted by Crippen LogP contribution is 2.26. The highest BCUT2D eigenvalue weighted by Gasteiger charge is 2.17. The van der Waals surface area contributed by atoms with Crippen molar-refractivity contribution in [3.8, 4) is 5.75 Å². The van der Waals surface area contributed by atoms with Gasteiger partial charge in [0.1, 0.15) is 5.75 Å². The van der Waals surface area contributed by atoms with Gasteiger partial charge in [-0.05, 0) is 60.7 Å². The van der Waals surface area contributed by atoms with Gasteiger partial charge in [-0.3, -0.25) is 9.52 Å². The summed E-state index contributed by atoms with van der Waals surface area (Å²) in [6, 6.07) is 17.7. The molecule has 0 radical (unpaired) electrons. The molecule has 3 rings (SSSR count). The van der Waals surface area contributed by atoms with E-state index in [9.17, 15) is 21.6 Å². The number of sulfonamides is 2. The minimum Gasteiger partial charge on any atom is -0.495 e. The molecule has 0 atom stereocenters. The Morgan fingerprint density at radius 2 is 1.39 bits per heavy atom. The maximum Gasteiger partial charge on any atom is 0.262 e. The van der Waals surface area contributed by atoms with Gasteiger partial charge in [-0.2, -0.15) is 0 Å². The first-order valence-corrected chi connectivity index (χ1v) is 12.8. The molecular weight excluding hydrogens is 466 g/mol. The second kappa shape index (κ2) is 10.0. The third kappa shape index (κ3) is 5.89. The van der Waals surface area contributed by atoms with Crippen LogP contribution < -0.4 is 19.5 Å². The first-order valence-electron chi connectivity index (χ1n) is 9.83. The largest absolute Gasteiger partial charge is 0.495 e. The van der Waals surface area contributed by atoms with Crippen LogP contribution in [0.5, 0.6) is 5.75 Å². The molecule has 0 fully saturated rings. The lowest BCUT2D eigenvalue weighted by Gasteiger charge is -2.12. The standard InChI is InChI=1S/C22H23N3O6S2/c1-3-23-32(27,28)18-14-10-17(11-15-18)24-22(26)16-8-12-19(13-9-16)33(29,30)25-20-6-4-5-7-21(20)31-2/h4-15,23,25H,3H2,1-2H3,(H,24,26). The van der Waals surface area contributed by atoms with E-state index in [0.29, 0.717) is 17.1 Å². The van der Waals surface area contributed by atoms with E-state index in [1.807, 2.05) is 0 Å². The van der Waals surface area contributed by atoms with Crippen molar-refractivity contribution in [2.75, 3.05) is 23.7 Å². The first kappa shape index (κ1) is 24.2. The van der Waals surface area contributed by atoms with E-state index < -0.39 is 26.0 Å². The number of carbonyl (C=O) groups is 1. The van der Waals surface area contributed by atoms with Gasteiger partial charge < -0.3 is 10.1 Å². The van der Waals surface area contributed by atoms with Crippen molar-refractivity contribution in [3.63, 3.8) is 0 Å². The molecule has 0 heterocycles. The number of benzene rings is 3. The van der Waals surface area contributed by atoms with Gasteiger partial charge in [-0.25, -0.2) is 21.6 Å². The van der Waals surface area contributed by atoms with Gasteiger partial charge >= 0.3 is 0 Å². The monoisotopic (exact) mass is 489 g/mol. The lowest BCUT2D eigenvalue weighted by atomic mass is 10.2. The lowest BCUT2D eigenvalue weighted by Crippen LogP contribution is -2.23.